The van der Waals surface area contributed by atoms with Gasteiger partial charge in [-0.05, 0) is 37.3 Å². The van der Waals surface area contributed by atoms with E-state index in [4.69, 9.17) is 11.7 Å². The van der Waals surface area contributed by atoms with Crippen LogP contribution in [0.3, 0.4) is 0 Å². The Bertz CT molecular complexity index is 973. The second kappa shape index (κ2) is 9.67. The number of hydrogen-bond donors (Lipinski definition) is 4. The van der Waals surface area contributed by atoms with E-state index in [1.54, 1.807) is 35.4 Å². The van der Waals surface area contributed by atoms with E-state index < -0.39 is 12.5 Å². The van der Waals surface area contributed by atoms with Crippen molar-refractivity contribution in [2.75, 3.05) is 30.3 Å². The van der Waals surface area contributed by atoms with E-state index in [9.17, 15) is 9.59 Å². The van der Waals surface area contributed by atoms with Gasteiger partial charge >= 0.3 is 5.91 Å². The molecule has 0 unspecified atom stereocenters. The number of aromatic nitrogens is 2. The minimum atomic E-state index is -0.506. The Hall–Kier alpha value is -3.71. The fourth-order valence-corrected chi connectivity index (χ4v) is 3.27. The second-order valence-corrected chi connectivity index (χ2v) is 6.93. The van der Waals surface area contributed by atoms with E-state index in [0.29, 0.717) is 36.1 Å². The van der Waals surface area contributed by atoms with Gasteiger partial charge < -0.3 is 20.6 Å². The number of nitrogens with one attached hydrogen (secondary N) is 3. The number of nitrogens with zero attached hydrogens (tertiary/aromatic N) is 4. The third-order valence-corrected chi connectivity index (χ3v) is 4.80. The summed E-state index contributed by atoms with van der Waals surface area (Å²) in [7, 11) is 0. The van der Waals surface area contributed by atoms with Crippen molar-refractivity contribution in [3.05, 3.63) is 53.1 Å². The SMILES string of the molecule is [C-]#[N+]NC(=O)c1ccccc1Nc1nc(N[C@H]2CCCN(C(=O)CO)C2)ncc1C. The maximum atomic E-state index is 12.1. The normalized spacial score (nSPS) is 15.8. The Kier molecular flexibility index (Phi) is 6.77. The van der Waals surface area contributed by atoms with Gasteiger partial charge in [-0.2, -0.15) is 16.5 Å². The van der Waals surface area contributed by atoms with Crippen molar-refractivity contribution in [1.29, 1.82) is 0 Å². The molecule has 30 heavy (non-hydrogen) atoms. The van der Waals surface area contributed by atoms with E-state index >= 15 is 0 Å². The largest absolute Gasteiger partial charge is 0.387 e. The summed E-state index contributed by atoms with van der Waals surface area (Å²) in [6.45, 7) is 9.26. The fraction of sp³-hybridized carbons (Fsp3) is 0.350. The molecule has 2 aromatic rings. The molecule has 10 heteroatoms. The molecule has 0 aliphatic carbocycles. The van der Waals surface area contributed by atoms with Gasteiger partial charge in [0.05, 0.1) is 11.3 Å². The second-order valence-electron chi connectivity index (χ2n) is 6.93. The monoisotopic (exact) mass is 409 g/mol. The Labute approximate surface area is 174 Å². The summed E-state index contributed by atoms with van der Waals surface area (Å²) in [5, 5.41) is 15.5. The summed E-state index contributed by atoms with van der Waals surface area (Å²) in [5.74, 6) is 0.126. The minimum Gasteiger partial charge on any atom is -0.387 e. The molecule has 156 valence electrons. The van der Waals surface area contributed by atoms with E-state index in [2.05, 4.69) is 31.0 Å². The third kappa shape index (κ3) is 5.01. The number of aliphatic hydroxyl groups is 1. The molecule has 10 nitrogen and oxygen atoms in total. The number of amides is 2. The molecule has 1 aliphatic rings. The Balaban J connectivity index is 1.76. The van der Waals surface area contributed by atoms with Crippen molar-refractivity contribution in [3.8, 4) is 0 Å². The number of aryl methyl sites for hydroxylation is 1. The molecular formula is C20H23N7O3. The number of anilines is 3. The lowest BCUT2D eigenvalue weighted by molar-refractivity contribution is -0.135. The van der Waals surface area contributed by atoms with Crippen molar-refractivity contribution in [2.45, 2.75) is 25.8 Å². The van der Waals surface area contributed by atoms with Crippen molar-refractivity contribution in [2.24, 2.45) is 0 Å². The van der Waals surface area contributed by atoms with Gasteiger partial charge in [-0.15, -0.1) is 0 Å². The summed E-state index contributed by atoms with van der Waals surface area (Å²) >= 11 is 0. The van der Waals surface area contributed by atoms with Crippen molar-refractivity contribution in [1.82, 2.24) is 20.3 Å². The summed E-state index contributed by atoms with van der Waals surface area (Å²) in [5.41, 5.74) is 3.73. The summed E-state index contributed by atoms with van der Waals surface area (Å²) in [6.07, 6.45) is 3.34. The average molecular weight is 409 g/mol. The predicted molar refractivity (Wildman–Crippen MR) is 111 cm³/mol. The number of aliphatic hydroxyl groups excluding tert-OH is 1. The highest BCUT2D eigenvalue weighted by Crippen LogP contribution is 2.23. The van der Waals surface area contributed by atoms with Gasteiger partial charge in [0.2, 0.25) is 11.9 Å². The molecule has 0 spiro atoms. The average Bonchev–Trinajstić information content (AvgIpc) is 2.76. The molecule has 1 saturated heterocycles. The smallest absolute Gasteiger partial charge is 0.320 e. The molecule has 4 N–H and O–H groups in total. The summed E-state index contributed by atoms with van der Waals surface area (Å²) in [6, 6.07) is 6.82. The van der Waals surface area contributed by atoms with Crippen molar-refractivity contribution >= 4 is 29.3 Å². The predicted octanol–water partition coefficient (Wildman–Crippen LogP) is 1.49. The fourth-order valence-electron chi connectivity index (χ4n) is 3.27. The number of para-hydroxylation sites is 1. The van der Waals surface area contributed by atoms with Crippen molar-refractivity contribution < 1.29 is 14.7 Å². The van der Waals surface area contributed by atoms with E-state index in [1.807, 2.05) is 6.92 Å². The Morgan fingerprint density at radius 1 is 1.37 bits per heavy atom. The van der Waals surface area contributed by atoms with Gasteiger partial charge in [-0.3, -0.25) is 9.59 Å². The maximum Gasteiger partial charge on any atom is 0.320 e. The van der Waals surface area contributed by atoms with Crippen LogP contribution in [0.4, 0.5) is 17.5 Å². The van der Waals surface area contributed by atoms with Crippen LogP contribution in [0.15, 0.2) is 30.5 Å². The number of rotatable bonds is 6. The number of carbonyl (C=O) groups excluding carboxylic acids is 2. The number of hydrogen-bond acceptors (Lipinski definition) is 7. The van der Waals surface area contributed by atoms with Gasteiger partial charge in [0.1, 0.15) is 12.4 Å². The first kappa shape index (κ1) is 21.0. The molecule has 2 amide bonds. The molecule has 1 fully saturated rings. The first-order chi connectivity index (χ1) is 14.5. The van der Waals surface area contributed by atoms with Crippen LogP contribution in [-0.4, -0.2) is 57.5 Å². The lowest BCUT2D eigenvalue weighted by atomic mass is 10.1. The number of carbonyl (C=O) groups is 2. The van der Waals surface area contributed by atoms with Crippen LogP contribution in [0, 0.1) is 13.5 Å². The van der Waals surface area contributed by atoms with Gasteiger partial charge in [0, 0.05) is 30.9 Å². The standard InChI is InChI=1S/C20H23N7O3/c1-13-10-22-20(23-14-6-5-9-27(11-14)17(29)12-28)25-18(13)24-16-8-4-3-7-15(16)19(30)26-21-2/h3-4,7-8,10,14,28H,5-6,9,11-12H2,1H3,(H,26,30)(H2,22,23,24,25)/t14-/m0/s1. The van der Waals surface area contributed by atoms with Crippen LogP contribution in [0.5, 0.6) is 0 Å². The topological polar surface area (TPSA) is 124 Å². The molecular weight excluding hydrogens is 386 g/mol. The zero-order chi connectivity index (χ0) is 21.5. The van der Waals surface area contributed by atoms with Crippen LogP contribution in [0.1, 0.15) is 28.8 Å². The highest BCUT2D eigenvalue weighted by Gasteiger charge is 2.24. The molecule has 1 aliphatic heterocycles. The van der Waals surface area contributed by atoms with Crippen LogP contribution in [0.2, 0.25) is 0 Å². The molecule has 1 aromatic heterocycles. The summed E-state index contributed by atoms with van der Waals surface area (Å²) < 4.78 is 0. The highest BCUT2D eigenvalue weighted by molar-refractivity contribution is 6.00. The van der Waals surface area contributed by atoms with E-state index in [-0.39, 0.29) is 11.9 Å². The summed E-state index contributed by atoms with van der Waals surface area (Å²) in [4.78, 5) is 37.3. The quantitative estimate of drug-likeness (QED) is 0.421. The Morgan fingerprint density at radius 2 is 2.17 bits per heavy atom. The van der Waals surface area contributed by atoms with E-state index in [1.165, 1.54) is 0 Å². The zero-order valence-electron chi connectivity index (χ0n) is 16.6. The van der Waals surface area contributed by atoms with Crippen LogP contribution < -0.4 is 16.1 Å². The molecule has 1 atom stereocenters. The van der Waals surface area contributed by atoms with Gasteiger partial charge in [0.15, 0.2) is 0 Å². The Morgan fingerprint density at radius 3 is 2.93 bits per heavy atom. The van der Waals surface area contributed by atoms with Gasteiger partial charge in [-0.25, -0.2) is 4.98 Å². The number of piperidine rings is 1. The molecule has 2 heterocycles. The number of benzene rings is 1. The molecule has 1 aromatic carbocycles. The third-order valence-electron chi connectivity index (χ3n) is 4.80. The maximum absolute atomic E-state index is 12.1. The van der Waals surface area contributed by atoms with Crippen LogP contribution in [-0.2, 0) is 4.79 Å². The lowest BCUT2D eigenvalue weighted by Gasteiger charge is -2.32. The van der Waals surface area contributed by atoms with Crippen LogP contribution in [0.25, 0.3) is 4.95 Å². The first-order valence-corrected chi connectivity index (χ1v) is 9.53. The van der Waals surface area contributed by atoms with E-state index in [0.717, 1.165) is 18.4 Å². The molecule has 3 rings (SSSR count). The zero-order valence-corrected chi connectivity index (χ0v) is 16.6. The highest BCUT2D eigenvalue weighted by atomic mass is 16.3. The number of likely N-dealkylation sites (tertiary alicyclic amines) is 1. The molecule has 0 bridgehead atoms. The molecule has 0 saturated carbocycles. The first-order valence-electron chi connectivity index (χ1n) is 9.53. The minimum absolute atomic E-state index is 0.0264. The van der Waals surface area contributed by atoms with Crippen molar-refractivity contribution in [3.63, 3.8) is 0 Å². The molecule has 0 radical (unpaired) electrons. The van der Waals surface area contributed by atoms with Gasteiger partial charge in [0.25, 0.3) is 0 Å². The van der Waals surface area contributed by atoms with Crippen LogP contribution >= 0.6 is 0 Å². The van der Waals surface area contributed by atoms with Gasteiger partial charge in [-0.1, -0.05) is 12.1 Å². The lowest BCUT2D eigenvalue weighted by Crippen LogP contribution is -2.46.